The third-order valence-corrected chi connectivity index (χ3v) is 3.63. The van der Waals surface area contributed by atoms with Crippen molar-refractivity contribution in [3.63, 3.8) is 0 Å². The highest BCUT2D eigenvalue weighted by molar-refractivity contribution is 5.70. The average molecular weight is 301 g/mol. The zero-order valence-corrected chi connectivity index (χ0v) is 12.8. The van der Waals surface area contributed by atoms with E-state index in [0.717, 1.165) is 28.3 Å². The second-order valence-corrected chi connectivity index (χ2v) is 5.13. The van der Waals surface area contributed by atoms with E-state index in [0.29, 0.717) is 13.1 Å². The van der Waals surface area contributed by atoms with Gasteiger partial charge in [-0.1, -0.05) is 6.07 Å². The summed E-state index contributed by atoms with van der Waals surface area (Å²) >= 11 is 0. The largest absolute Gasteiger partial charge is 0.398 e. The van der Waals surface area contributed by atoms with Gasteiger partial charge in [-0.3, -0.25) is 0 Å². The Kier molecular flexibility index (Phi) is 5.63. The van der Waals surface area contributed by atoms with Gasteiger partial charge in [0.2, 0.25) is 0 Å². The number of nitrogens with one attached hydrogen (secondary N) is 1. The topological polar surface area (TPSA) is 81.8 Å². The van der Waals surface area contributed by atoms with E-state index in [1.165, 1.54) is 0 Å². The second kappa shape index (κ2) is 7.68. The first-order valence-electron chi connectivity index (χ1n) is 7.34. The van der Waals surface area contributed by atoms with Crippen molar-refractivity contribution in [1.82, 2.24) is 0 Å². The monoisotopic (exact) mass is 301 g/mol. The van der Waals surface area contributed by atoms with Gasteiger partial charge in [-0.15, -0.1) is 0 Å². The molecular formula is C17H23N3O2. The number of anilines is 4. The third-order valence-electron chi connectivity index (χ3n) is 3.63. The molecule has 2 rings (SSSR count). The molecule has 0 aromatic heterocycles. The van der Waals surface area contributed by atoms with E-state index >= 15 is 0 Å². The van der Waals surface area contributed by atoms with Crippen LogP contribution in [0.15, 0.2) is 42.5 Å². The molecule has 0 heterocycles. The van der Waals surface area contributed by atoms with Crippen LogP contribution in [0.25, 0.3) is 0 Å². The van der Waals surface area contributed by atoms with Crippen LogP contribution >= 0.6 is 0 Å². The van der Waals surface area contributed by atoms with Crippen LogP contribution < -0.4 is 16.0 Å². The van der Waals surface area contributed by atoms with Crippen molar-refractivity contribution in [2.45, 2.75) is 6.92 Å². The van der Waals surface area contributed by atoms with Crippen LogP contribution in [-0.4, -0.2) is 36.5 Å². The fourth-order valence-corrected chi connectivity index (χ4v) is 2.31. The van der Waals surface area contributed by atoms with Crippen LogP contribution in [-0.2, 0) is 0 Å². The number of benzene rings is 2. The van der Waals surface area contributed by atoms with Crippen LogP contribution in [0.2, 0.25) is 0 Å². The highest BCUT2D eigenvalue weighted by atomic mass is 16.3. The lowest BCUT2D eigenvalue weighted by Gasteiger charge is -2.23. The molecule has 0 radical (unpaired) electrons. The molecule has 0 unspecified atom stereocenters. The number of rotatable bonds is 7. The molecule has 0 bridgehead atoms. The summed E-state index contributed by atoms with van der Waals surface area (Å²) in [7, 11) is 0. The van der Waals surface area contributed by atoms with Crippen molar-refractivity contribution in [3.05, 3.63) is 48.0 Å². The summed E-state index contributed by atoms with van der Waals surface area (Å²) in [6, 6.07) is 13.7. The van der Waals surface area contributed by atoms with Gasteiger partial charge in [0.25, 0.3) is 0 Å². The van der Waals surface area contributed by atoms with Crippen molar-refractivity contribution in [1.29, 1.82) is 0 Å². The van der Waals surface area contributed by atoms with Crippen molar-refractivity contribution >= 4 is 22.7 Å². The van der Waals surface area contributed by atoms with E-state index in [1.807, 2.05) is 54.3 Å². The molecule has 0 spiro atoms. The molecule has 2 aromatic carbocycles. The van der Waals surface area contributed by atoms with Gasteiger partial charge < -0.3 is 26.2 Å². The Bertz CT molecular complexity index is 593. The molecule has 2 aromatic rings. The van der Waals surface area contributed by atoms with Crippen LogP contribution in [0.5, 0.6) is 0 Å². The molecule has 5 heteroatoms. The minimum Gasteiger partial charge on any atom is -0.398 e. The zero-order valence-electron chi connectivity index (χ0n) is 12.8. The molecule has 0 atom stereocenters. The first-order valence-corrected chi connectivity index (χ1v) is 7.34. The van der Waals surface area contributed by atoms with Gasteiger partial charge in [-0.2, -0.15) is 0 Å². The Morgan fingerprint density at radius 1 is 1.00 bits per heavy atom. The zero-order chi connectivity index (χ0) is 15.9. The van der Waals surface area contributed by atoms with Gasteiger partial charge in [-0.25, -0.2) is 0 Å². The average Bonchev–Trinajstić information content (AvgIpc) is 2.52. The quantitative estimate of drug-likeness (QED) is 0.589. The first-order chi connectivity index (χ1) is 10.7. The van der Waals surface area contributed by atoms with Crippen LogP contribution in [0.1, 0.15) is 5.56 Å². The lowest BCUT2D eigenvalue weighted by atomic mass is 10.1. The first kappa shape index (κ1) is 16.1. The van der Waals surface area contributed by atoms with E-state index in [9.17, 15) is 0 Å². The van der Waals surface area contributed by atoms with Crippen molar-refractivity contribution < 1.29 is 10.2 Å². The lowest BCUT2D eigenvalue weighted by Crippen LogP contribution is -2.29. The van der Waals surface area contributed by atoms with Crippen molar-refractivity contribution in [2.24, 2.45) is 0 Å². The SMILES string of the molecule is Cc1c(N)cccc1Nc1ccc(N(CCO)CCO)cc1. The maximum absolute atomic E-state index is 9.08. The number of nitrogen functional groups attached to an aromatic ring is 1. The number of hydrogen-bond acceptors (Lipinski definition) is 5. The Hall–Kier alpha value is -2.24. The van der Waals surface area contributed by atoms with Crippen molar-refractivity contribution in [2.75, 3.05) is 42.3 Å². The van der Waals surface area contributed by atoms with Gasteiger partial charge >= 0.3 is 0 Å². The molecule has 5 nitrogen and oxygen atoms in total. The van der Waals surface area contributed by atoms with E-state index in [1.54, 1.807) is 0 Å². The molecular weight excluding hydrogens is 278 g/mol. The summed E-state index contributed by atoms with van der Waals surface area (Å²) in [4.78, 5) is 1.94. The van der Waals surface area contributed by atoms with Crippen LogP contribution in [0, 0.1) is 6.92 Å². The van der Waals surface area contributed by atoms with E-state index in [4.69, 9.17) is 15.9 Å². The number of hydrogen-bond donors (Lipinski definition) is 4. The van der Waals surface area contributed by atoms with Gasteiger partial charge in [-0.05, 0) is 48.9 Å². The molecule has 0 amide bonds. The number of aliphatic hydroxyl groups excluding tert-OH is 2. The van der Waals surface area contributed by atoms with E-state index in [-0.39, 0.29) is 13.2 Å². The fourth-order valence-electron chi connectivity index (χ4n) is 2.31. The maximum Gasteiger partial charge on any atom is 0.0606 e. The summed E-state index contributed by atoms with van der Waals surface area (Å²) < 4.78 is 0. The molecule has 5 N–H and O–H groups in total. The Balaban J connectivity index is 2.13. The maximum atomic E-state index is 9.08. The summed E-state index contributed by atoms with van der Waals surface area (Å²) in [6.45, 7) is 3.10. The minimum atomic E-state index is 0.0580. The highest BCUT2D eigenvalue weighted by Gasteiger charge is 2.06. The summed E-state index contributed by atoms with van der Waals surface area (Å²) in [5.41, 5.74) is 10.6. The highest BCUT2D eigenvalue weighted by Crippen LogP contribution is 2.25. The molecule has 0 aliphatic heterocycles. The van der Waals surface area contributed by atoms with E-state index < -0.39 is 0 Å². The Morgan fingerprint density at radius 3 is 2.23 bits per heavy atom. The lowest BCUT2D eigenvalue weighted by molar-refractivity contribution is 0.281. The Labute approximate surface area is 131 Å². The Morgan fingerprint density at radius 2 is 1.64 bits per heavy atom. The number of nitrogens with two attached hydrogens (primary N) is 1. The summed E-state index contributed by atoms with van der Waals surface area (Å²) in [6.07, 6.45) is 0. The van der Waals surface area contributed by atoms with Gasteiger partial charge in [0.1, 0.15) is 0 Å². The van der Waals surface area contributed by atoms with Gasteiger partial charge in [0.05, 0.1) is 13.2 Å². The molecule has 22 heavy (non-hydrogen) atoms. The fraction of sp³-hybridized carbons (Fsp3) is 0.294. The molecule has 0 aliphatic rings. The second-order valence-electron chi connectivity index (χ2n) is 5.13. The summed E-state index contributed by atoms with van der Waals surface area (Å²) in [5, 5.41) is 21.5. The van der Waals surface area contributed by atoms with Crippen molar-refractivity contribution in [3.8, 4) is 0 Å². The predicted octanol–water partition coefficient (Wildman–Crippen LogP) is 2.11. The van der Waals surface area contributed by atoms with Gasteiger partial charge in [0.15, 0.2) is 0 Å². The standard InChI is InChI=1S/C17H23N3O2/c1-13-16(18)3-2-4-17(13)19-14-5-7-15(8-6-14)20(9-11-21)10-12-22/h2-8,19,21-22H,9-12,18H2,1H3. The third kappa shape index (κ3) is 3.90. The smallest absolute Gasteiger partial charge is 0.0606 e. The molecule has 0 saturated carbocycles. The molecule has 0 aliphatic carbocycles. The van der Waals surface area contributed by atoms with Gasteiger partial charge in [0, 0.05) is 35.8 Å². The number of nitrogens with zero attached hydrogens (tertiary/aromatic N) is 1. The van der Waals surface area contributed by atoms with E-state index in [2.05, 4.69) is 5.32 Å². The molecule has 118 valence electrons. The minimum absolute atomic E-state index is 0.0580. The number of aliphatic hydroxyl groups is 2. The normalized spacial score (nSPS) is 10.5. The molecule has 0 fully saturated rings. The molecule has 0 saturated heterocycles. The van der Waals surface area contributed by atoms with Crippen LogP contribution in [0.3, 0.4) is 0 Å². The predicted molar refractivity (Wildman–Crippen MR) is 91.7 cm³/mol. The van der Waals surface area contributed by atoms with Crippen LogP contribution in [0.4, 0.5) is 22.7 Å². The summed E-state index contributed by atoms with van der Waals surface area (Å²) in [5.74, 6) is 0.